The van der Waals surface area contributed by atoms with E-state index >= 15 is 0 Å². The number of aliphatic hydroxyl groups is 1. The molecule has 17 heavy (non-hydrogen) atoms. The van der Waals surface area contributed by atoms with Gasteiger partial charge >= 0.3 is 0 Å². The molecule has 0 radical (unpaired) electrons. The molecule has 102 valence electrons. The van der Waals surface area contributed by atoms with Crippen molar-refractivity contribution in [1.82, 2.24) is 10.2 Å². The van der Waals surface area contributed by atoms with E-state index in [4.69, 9.17) is 0 Å². The Morgan fingerprint density at radius 1 is 1.35 bits per heavy atom. The van der Waals surface area contributed by atoms with Gasteiger partial charge in [-0.3, -0.25) is 4.90 Å². The zero-order chi connectivity index (χ0) is 12.7. The summed E-state index contributed by atoms with van der Waals surface area (Å²) in [5.41, 5.74) is 0.240. The van der Waals surface area contributed by atoms with Gasteiger partial charge in [0.2, 0.25) is 0 Å². The summed E-state index contributed by atoms with van der Waals surface area (Å²) < 4.78 is 0. The zero-order valence-corrected chi connectivity index (χ0v) is 11.8. The van der Waals surface area contributed by atoms with E-state index in [0.717, 1.165) is 13.1 Å². The Balaban J connectivity index is 2.80. The van der Waals surface area contributed by atoms with E-state index in [-0.39, 0.29) is 12.1 Å². The number of hydrogen-bond donors (Lipinski definition) is 2. The first-order chi connectivity index (χ1) is 8.24. The summed E-state index contributed by atoms with van der Waals surface area (Å²) in [6.45, 7) is 6.82. The number of hydrogen-bond acceptors (Lipinski definition) is 3. The molecular formula is C14H30N2O. The quantitative estimate of drug-likeness (QED) is 0.717. The first-order valence-electron chi connectivity index (χ1n) is 7.28. The summed E-state index contributed by atoms with van der Waals surface area (Å²) in [7, 11) is 2.10. The van der Waals surface area contributed by atoms with Crippen molar-refractivity contribution in [1.29, 1.82) is 0 Å². The average Bonchev–Trinajstić information content (AvgIpc) is 2.37. The van der Waals surface area contributed by atoms with Crippen LogP contribution in [0.3, 0.4) is 0 Å². The van der Waals surface area contributed by atoms with Gasteiger partial charge in [0.1, 0.15) is 0 Å². The third-order valence-electron chi connectivity index (χ3n) is 4.46. The molecule has 0 aromatic heterocycles. The molecule has 1 heterocycles. The molecular weight excluding hydrogens is 212 g/mol. The van der Waals surface area contributed by atoms with Crippen LogP contribution >= 0.6 is 0 Å². The van der Waals surface area contributed by atoms with Crippen LogP contribution in [-0.4, -0.2) is 48.3 Å². The Kier molecular flexibility index (Phi) is 6.45. The van der Waals surface area contributed by atoms with Gasteiger partial charge < -0.3 is 10.4 Å². The molecule has 0 bridgehead atoms. The van der Waals surface area contributed by atoms with Crippen molar-refractivity contribution in [3.63, 3.8) is 0 Å². The van der Waals surface area contributed by atoms with E-state index in [0.29, 0.717) is 6.04 Å². The standard InChI is InChI=1S/C14H30N2O/c1-4-9-14(5-2,15-3)13-8-6-7-10-16(13)11-12-17/h13,15,17H,4-12H2,1-3H3. The zero-order valence-electron chi connectivity index (χ0n) is 11.8. The third-order valence-corrected chi connectivity index (χ3v) is 4.46. The lowest BCUT2D eigenvalue weighted by Crippen LogP contribution is -2.61. The smallest absolute Gasteiger partial charge is 0.0558 e. The van der Waals surface area contributed by atoms with Crippen LogP contribution in [0.2, 0.25) is 0 Å². The number of piperidine rings is 1. The SMILES string of the molecule is CCCC(CC)(NC)C1CCCCN1CCO. The molecule has 2 atom stereocenters. The second-order valence-electron chi connectivity index (χ2n) is 5.28. The highest BCUT2D eigenvalue weighted by Gasteiger charge is 2.39. The molecule has 0 aromatic carbocycles. The van der Waals surface area contributed by atoms with Crippen LogP contribution in [0.1, 0.15) is 52.4 Å². The van der Waals surface area contributed by atoms with E-state index in [1.54, 1.807) is 0 Å². The Labute approximate surface area is 107 Å². The Morgan fingerprint density at radius 3 is 2.65 bits per heavy atom. The lowest BCUT2D eigenvalue weighted by atomic mass is 9.78. The van der Waals surface area contributed by atoms with Crippen LogP contribution in [0.25, 0.3) is 0 Å². The van der Waals surface area contributed by atoms with Crippen molar-refractivity contribution in [2.45, 2.75) is 64.0 Å². The van der Waals surface area contributed by atoms with Crippen molar-refractivity contribution >= 4 is 0 Å². The molecule has 1 fully saturated rings. The van der Waals surface area contributed by atoms with Crippen LogP contribution in [-0.2, 0) is 0 Å². The first-order valence-corrected chi connectivity index (χ1v) is 7.28. The van der Waals surface area contributed by atoms with Crippen LogP contribution in [0.4, 0.5) is 0 Å². The Morgan fingerprint density at radius 2 is 2.12 bits per heavy atom. The van der Waals surface area contributed by atoms with E-state index in [2.05, 4.69) is 31.1 Å². The van der Waals surface area contributed by atoms with Crippen LogP contribution in [0.15, 0.2) is 0 Å². The summed E-state index contributed by atoms with van der Waals surface area (Å²) in [4.78, 5) is 2.50. The minimum atomic E-state index is 0.240. The molecule has 0 amide bonds. The molecule has 0 aromatic rings. The van der Waals surface area contributed by atoms with Gasteiger partial charge in [0.25, 0.3) is 0 Å². The van der Waals surface area contributed by atoms with E-state index < -0.39 is 0 Å². The first kappa shape index (κ1) is 14.9. The Bertz CT molecular complexity index is 202. The van der Waals surface area contributed by atoms with Crippen molar-refractivity contribution in [3.05, 3.63) is 0 Å². The minimum Gasteiger partial charge on any atom is -0.395 e. The molecule has 1 rings (SSSR count). The highest BCUT2D eigenvalue weighted by Crippen LogP contribution is 2.31. The topological polar surface area (TPSA) is 35.5 Å². The molecule has 0 aliphatic carbocycles. The van der Waals surface area contributed by atoms with Crippen molar-refractivity contribution in [2.24, 2.45) is 0 Å². The van der Waals surface area contributed by atoms with Gasteiger partial charge in [-0.25, -0.2) is 0 Å². The lowest BCUT2D eigenvalue weighted by molar-refractivity contribution is 0.0434. The maximum Gasteiger partial charge on any atom is 0.0558 e. The molecule has 0 saturated carbocycles. The number of rotatable bonds is 7. The fourth-order valence-corrected chi connectivity index (χ4v) is 3.51. The van der Waals surface area contributed by atoms with Crippen LogP contribution < -0.4 is 5.32 Å². The lowest BCUT2D eigenvalue weighted by Gasteiger charge is -2.48. The molecule has 1 aliphatic heterocycles. The molecule has 1 aliphatic rings. The van der Waals surface area contributed by atoms with Crippen molar-refractivity contribution in [3.8, 4) is 0 Å². The summed E-state index contributed by atoms with van der Waals surface area (Å²) in [5.74, 6) is 0. The van der Waals surface area contributed by atoms with Gasteiger partial charge in [-0.1, -0.05) is 26.7 Å². The molecule has 3 heteroatoms. The van der Waals surface area contributed by atoms with Gasteiger partial charge in [-0.15, -0.1) is 0 Å². The predicted molar refractivity (Wildman–Crippen MR) is 73.3 cm³/mol. The number of β-amino-alcohol motifs (C(OH)–C–C–N with tert-alkyl or cyclic N) is 1. The maximum atomic E-state index is 9.22. The number of likely N-dealkylation sites (tertiary alicyclic amines) is 1. The highest BCUT2D eigenvalue weighted by molar-refractivity contribution is 4.99. The van der Waals surface area contributed by atoms with E-state index in [1.807, 2.05) is 0 Å². The summed E-state index contributed by atoms with van der Waals surface area (Å²) in [6.07, 6.45) is 7.51. The third kappa shape index (κ3) is 3.43. The highest BCUT2D eigenvalue weighted by atomic mass is 16.3. The fourth-order valence-electron chi connectivity index (χ4n) is 3.51. The predicted octanol–water partition coefficient (Wildman–Crippen LogP) is 2.00. The molecule has 3 nitrogen and oxygen atoms in total. The van der Waals surface area contributed by atoms with Crippen LogP contribution in [0, 0.1) is 0 Å². The van der Waals surface area contributed by atoms with Gasteiger partial charge in [-0.2, -0.15) is 0 Å². The second-order valence-corrected chi connectivity index (χ2v) is 5.28. The summed E-state index contributed by atoms with van der Waals surface area (Å²) in [6, 6.07) is 0.596. The van der Waals surface area contributed by atoms with Crippen LogP contribution in [0.5, 0.6) is 0 Å². The monoisotopic (exact) mass is 242 g/mol. The van der Waals surface area contributed by atoms with Gasteiger partial charge in [0.15, 0.2) is 0 Å². The number of likely N-dealkylation sites (N-methyl/N-ethyl adjacent to an activating group) is 1. The molecule has 0 spiro atoms. The van der Waals surface area contributed by atoms with Crippen molar-refractivity contribution in [2.75, 3.05) is 26.7 Å². The largest absolute Gasteiger partial charge is 0.395 e. The minimum absolute atomic E-state index is 0.240. The Hall–Kier alpha value is -0.120. The summed E-state index contributed by atoms with van der Waals surface area (Å²) >= 11 is 0. The average molecular weight is 242 g/mol. The fraction of sp³-hybridized carbons (Fsp3) is 1.00. The van der Waals surface area contributed by atoms with Gasteiger partial charge in [0, 0.05) is 18.1 Å². The normalized spacial score (nSPS) is 25.8. The van der Waals surface area contributed by atoms with E-state index in [9.17, 15) is 5.11 Å². The summed E-state index contributed by atoms with van der Waals surface area (Å²) in [5, 5.41) is 12.8. The number of aliphatic hydroxyl groups excluding tert-OH is 1. The second kappa shape index (κ2) is 7.34. The van der Waals surface area contributed by atoms with Gasteiger partial charge in [-0.05, 0) is 39.3 Å². The maximum absolute atomic E-state index is 9.22. The van der Waals surface area contributed by atoms with E-state index in [1.165, 1.54) is 38.5 Å². The number of nitrogens with one attached hydrogen (secondary N) is 1. The number of nitrogens with zero attached hydrogens (tertiary/aromatic N) is 1. The molecule has 1 saturated heterocycles. The van der Waals surface area contributed by atoms with Crippen molar-refractivity contribution < 1.29 is 5.11 Å². The molecule has 2 N–H and O–H groups in total. The van der Waals surface area contributed by atoms with Gasteiger partial charge in [0.05, 0.1) is 6.61 Å². The molecule has 2 unspecified atom stereocenters.